The summed E-state index contributed by atoms with van der Waals surface area (Å²) in [6.07, 6.45) is 1.53. The van der Waals surface area contributed by atoms with Crippen molar-refractivity contribution in [2.45, 2.75) is 18.4 Å². The van der Waals surface area contributed by atoms with E-state index < -0.39 is 10.0 Å². The van der Waals surface area contributed by atoms with Crippen molar-refractivity contribution in [3.05, 3.63) is 42.1 Å². The highest BCUT2D eigenvalue weighted by molar-refractivity contribution is 7.89. The molecular weight excluding hydrogens is 254 g/mol. The van der Waals surface area contributed by atoms with Crippen molar-refractivity contribution in [3.63, 3.8) is 0 Å². The normalized spacial score (nSPS) is 11.6. The van der Waals surface area contributed by atoms with Crippen molar-refractivity contribution in [1.29, 1.82) is 0 Å². The molecule has 96 valence electrons. The number of nitrogens with zero attached hydrogens (tertiary/aromatic N) is 1. The number of sulfonamides is 1. The third kappa shape index (κ3) is 2.69. The van der Waals surface area contributed by atoms with Gasteiger partial charge in [0.15, 0.2) is 0 Å². The average Bonchev–Trinajstić information content (AvgIpc) is 2.73. The number of anilines is 1. The number of nitrogen functional groups attached to an aromatic ring is 1. The lowest BCUT2D eigenvalue weighted by atomic mass is 10.3. The van der Waals surface area contributed by atoms with Crippen LogP contribution in [0.25, 0.3) is 0 Å². The second kappa shape index (κ2) is 4.79. The van der Waals surface area contributed by atoms with E-state index in [1.165, 1.54) is 18.3 Å². The molecule has 0 spiro atoms. The third-order valence-corrected chi connectivity index (χ3v) is 3.77. The molecule has 3 N–H and O–H groups in total. The fourth-order valence-corrected chi connectivity index (χ4v) is 2.55. The molecule has 6 nitrogen and oxygen atoms in total. The number of aryl methyl sites for hydroxylation is 1. The molecule has 0 aliphatic rings. The molecule has 2 aromatic rings. The zero-order valence-corrected chi connectivity index (χ0v) is 10.6. The van der Waals surface area contributed by atoms with E-state index in [1.54, 1.807) is 19.1 Å². The summed E-state index contributed by atoms with van der Waals surface area (Å²) in [7, 11) is -3.65. The number of nitrogens with two attached hydrogens (primary N) is 1. The first-order valence-electron chi connectivity index (χ1n) is 5.24. The molecule has 1 aromatic carbocycles. The number of benzene rings is 1. The van der Waals surface area contributed by atoms with Crippen LogP contribution in [0.1, 0.15) is 11.7 Å². The highest BCUT2D eigenvalue weighted by Crippen LogP contribution is 2.17. The SMILES string of the molecule is Cc1cnc(CNS(=O)(=O)c2ccccc2N)o1. The molecule has 18 heavy (non-hydrogen) atoms. The lowest BCUT2D eigenvalue weighted by molar-refractivity contribution is 0.463. The summed E-state index contributed by atoms with van der Waals surface area (Å²) in [5, 5.41) is 0. The van der Waals surface area contributed by atoms with Gasteiger partial charge in [-0.05, 0) is 19.1 Å². The summed E-state index contributed by atoms with van der Waals surface area (Å²) in [6.45, 7) is 1.73. The highest BCUT2D eigenvalue weighted by atomic mass is 32.2. The first kappa shape index (κ1) is 12.6. The van der Waals surface area contributed by atoms with Gasteiger partial charge in [-0.2, -0.15) is 0 Å². The van der Waals surface area contributed by atoms with Gasteiger partial charge < -0.3 is 10.2 Å². The van der Waals surface area contributed by atoms with Crippen molar-refractivity contribution in [2.24, 2.45) is 0 Å². The predicted octanol–water partition coefficient (Wildman–Crippen LogP) is 1.04. The van der Waals surface area contributed by atoms with E-state index in [9.17, 15) is 8.42 Å². The summed E-state index contributed by atoms with van der Waals surface area (Å²) in [6, 6.07) is 6.26. The molecular formula is C11H13N3O3S. The zero-order chi connectivity index (χ0) is 13.2. The number of aromatic nitrogens is 1. The van der Waals surface area contributed by atoms with Gasteiger partial charge in [-0.25, -0.2) is 18.1 Å². The largest absolute Gasteiger partial charge is 0.445 e. The molecule has 7 heteroatoms. The Morgan fingerprint density at radius 1 is 1.39 bits per heavy atom. The topological polar surface area (TPSA) is 98.2 Å². The van der Waals surface area contributed by atoms with Crippen LogP contribution < -0.4 is 10.5 Å². The molecule has 0 fully saturated rings. The molecule has 0 aliphatic carbocycles. The molecule has 0 atom stereocenters. The fraction of sp³-hybridized carbons (Fsp3) is 0.182. The van der Waals surface area contributed by atoms with Crippen LogP contribution in [-0.2, 0) is 16.6 Å². The summed E-state index contributed by atoms with van der Waals surface area (Å²) < 4.78 is 31.5. The second-order valence-corrected chi connectivity index (χ2v) is 5.46. The van der Waals surface area contributed by atoms with Gasteiger partial charge in [0.25, 0.3) is 0 Å². The zero-order valence-electron chi connectivity index (χ0n) is 9.75. The Morgan fingerprint density at radius 2 is 2.11 bits per heavy atom. The highest BCUT2D eigenvalue weighted by Gasteiger charge is 2.17. The van der Waals surface area contributed by atoms with Gasteiger partial charge >= 0.3 is 0 Å². The maximum Gasteiger partial charge on any atom is 0.243 e. The molecule has 1 heterocycles. The van der Waals surface area contributed by atoms with Gasteiger partial charge in [-0.15, -0.1) is 0 Å². The number of rotatable bonds is 4. The third-order valence-electron chi connectivity index (χ3n) is 2.29. The summed E-state index contributed by atoms with van der Waals surface area (Å²) in [4.78, 5) is 3.96. The molecule has 0 radical (unpaired) electrons. The van der Waals surface area contributed by atoms with Crippen molar-refractivity contribution >= 4 is 15.7 Å². The van der Waals surface area contributed by atoms with Crippen LogP contribution in [0.2, 0.25) is 0 Å². The van der Waals surface area contributed by atoms with Crippen molar-refractivity contribution < 1.29 is 12.8 Å². The van der Waals surface area contributed by atoms with Crippen LogP contribution in [0.5, 0.6) is 0 Å². The van der Waals surface area contributed by atoms with Gasteiger partial charge in [0.1, 0.15) is 10.7 Å². The number of hydrogen-bond acceptors (Lipinski definition) is 5. The van der Waals surface area contributed by atoms with Gasteiger partial charge in [-0.3, -0.25) is 0 Å². The molecule has 0 saturated heterocycles. The Hall–Kier alpha value is -1.86. The maximum atomic E-state index is 12.0. The Kier molecular flexibility index (Phi) is 3.35. The number of oxazole rings is 1. The minimum Gasteiger partial charge on any atom is -0.445 e. The van der Waals surface area contributed by atoms with Crippen molar-refractivity contribution in [2.75, 3.05) is 5.73 Å². The van der Waals surface area contributed by atoms with E-state index in [4.69, 9.17) is 10.2 Å². The van der Waals surface area contributed by atoms with Crippen LogP contribution in [0, 0.1) is 6.92 Å². The van der Waals surface area contributed by atoms with E-state index in [-0.39, 0.29) is 17.1 Å². The van der Waals surface area contributed by atoms with Crippen LogP contribution in [0.15, 0.2) is 39.8 Å². The molecule has 2 rings (SSSR count). The van der Waals surface area contributed by atoms with Crippen LogP contribution >= 0.6 is 0 Å². The number of para-hydroxylation sites is 1. The second-order valence-electron chi connectivity index (χ2n) is 3.73. The quantitative estimate of drug-likeness (QED) is 0.807. The van der Waals surface area contributed by atoms with E-state index in [1.807, 2.05) is 0 Å². The smallest absolute Gasteiger partial charge is 0.243 e. The summed E-state index contributed by atoms with van der Waals surface area (Å²) in [5.74, 6) is 0.939. The summed E-state index contributed by atoms with van der Waals surface area (Å²) >= 11 is 0. The Morgan fingerprint density at radius 3 is 2.72 bits per heavy atom. The fourth-order valence-electron chi connectivity index (χ4n) is 1.44. The van der Waals surface area contributed by atoms with Gasteiger partial charge in [-0.1, -0.05) is 12.1 Å². The Balaban J connectivity index is 2.16. The van der Waals surface area contributed by atoms with Gasteiger partial charge in [0, 0.05) is 0 Å². The summed E-state index contributed by atoms with van der Waals surface area (Å²) in [5.41, 5.74) is 5.82. The molecule has 0 unspecified atom stereocenters. The van der Waals surface area contributed by atoms with Gasteiger partial charge in [0.05, 0.1) is 18.4 Å². The molecule has 0 saturated carbocycles. The van der Waals surface area contributed by atoms with Crippen molar-refractivity contribution in [3.8, 4) is 0 Å². The van der Waals surface area contributed by atoms with Crippen LogP contribution in [-0.4, -0.2) is 13.4 Å². The predicted molar refractivity (Wildman–Crippen MR) is 66.1 cm³/mol. The standard InChI is InChI=1S/C11H13N3O3S/c1-8-6-13-11(17-8)7-14-18(15,16)10-5-3-2-4-9(10)12/h2-6,14H,7,12H2,1H3. The minimum absolute atomic E-state index is 0.00942. The first-order valence-corrected chi connectivity index (χ1v) is 6.73. The van der Waals surface area contributed by atoms with Gasteiger partial charge in [0.2, 0.25) is 15.9 Å². The lowest BCUT2D eigenvalue weighted by Crippen LogP contribution is -2.24. The van der Waals surface area contributed by atoms with E-state index in [2.05, 4.69) is 9.71 Å². The van der Waals surface area contributed by atoms with Crippen LogP contribution in [0.3, 0.4) is 0 Å². The Bertz CT molecular complexity index is 649. The maximum absolute atomic E-state index is 12.0. The first-order chi connectivity index (χ1) is 8.49. The number of hydrogen-bond donors (Lipinski definition) is 2. The molecule has 0 aliphatic heterocycles. The van der Waals surface area contributed by atoms with E-state index >= 15 is 0 Å². The van der Waals surface area contributed by atoms with Crippen LogP contribution in [0.4, 0.5) is 5.69 Å². The average molecular weight is 267 g/mol. The lowest BCUT2D eigenvalue weighted by Gasteiger charge is -2.07. The molecule has 0 bridgehead atoms. The molecule has 1 aromatic heterocycles. The molecule has 0 amide bonds. The Labute approximate surface area is 105 Å². The van der Waals surface area contributed by atoms with E-state index in [0.29, 0.717) is 11.7 Å². The minimum atomic E-state index is -3.65. The number of nitrogens with one attached hydrogen (secondary N) is 1. The van der Waals surface area contributed by atoms with Crippen molar-refractivity contribution in [1.82, 2.24) is 9.71 Å². The monoisotopic (exact) mass is 267 g/mol. The van der Waals surface area contributed by atoms with E-state index in [0.717, 1.165) is 0 Å².